The highest BCUT2D eigenvalue weighted by Crippen LogP contribution is 2.22. The van der Waals surface area contributed by atoms with Crippen molar-refractivity contribution >= 4 is 5.69 Å². The van der Waals surface area contributed by atoms with Gasteiger partial charge in [-0.25, -0.2) is 0 Å². The Morgan fingerprint density at radius 3 is 2.85 bits per heavy atom. The van der Waals surface area contributed by atoms with E-state index >= 15 is 0 Å². The Labute approximate surface area is 121 Å². The van der Waals surface area contributed by atoms with Gasteiger partial charge >= 0.3 is 0 Å². The van der Waals surface area contributed by atoms with E-state index in [0.29, 0.717) is 6.10 Å². The fourth-order valence-corrected chi connectivity index (χ4v) is 2.95. The molecule has 2 aliphatic rings. The summed E-state index contributed by atoms with van der Waals surface area (Å²) >= 11 is 0. The number of nitrogens with zero attached hydrogens (tertiary/aromatic N) is 2. The fraction of sp³-hybridized carbons (Fsp3) is 0.625. The Kier molecular flexibility index (Phi) is 4.55. The zero-order chi connectivity index (χ0) is 13.8. The first kappa shape index (κ1) is 13.9. The molecule has 1 aromatic carbocycles. The highest BCUT2D eigenvalue weighted by atomic mass is 16.5. The van der Waals surface area contributed by atoms with Crippen molar-refractivity contribution in [1.29, 1.82) is 0 Å². The summed E-state index contributed by atoms with van der Waals surface area (Å²) in [7, 11) is 2.19. The summed E-state index contributed by atoms with van der Waals surface area (Å²) in [5.41, 5.74) is 2.65. The highest BCUT2D eigenvalue weighted by Gasteiger charge is 2.19. The first-order valence-electron chi connectivity index (χ1n) is 7.65. The third kappa shape index (κ3) is 3.51. The number of anilines is 1. The van der Waals surface area contributed by atoms with Crippen LogP contribution in [0, 0.1) is 0 Å². The number of hydrogen-bond acceptors (Lipinski definition) is 4. The molecule has 2 aliphatic heterocycles. The molecular weight excluding hydrogens is 250 g/mol. The summed E-state index contributed by atoms with van der Waals surface area (Å²) in [5.74, 6) is 0. The van der Waals surface area contributed by atoms with Crippen LogP contribution in [0.4, 0.5) is 5.69 Å². The molecule has 4 nitrogen and oxygen atoms in total. The Hall–Kier alpha value is -1.10. The first-order chi connectivity index (χ1) is 9.81. The van der Waals surface area contributed by atoms with E-state index in [2.05, 4.69) is 46.4 Å². The highest BCUT2D eigenvalue weighted by molar-refractivity contribution is 5.53. The van der Waals surface area contributed by atoms with Crippen molar-refractivity contribution < 1.29 is 4.74 Å². The van der Waals surface area contributed by atoms with Crippen LogP contribution in [0.1, 0.15) is 5.56 Å². The smallest absolute Gasteiger partial charge is 0.0789 e. The lowest BCUT2D eigenvalue weighted by atomic mass is 10.0. The van der Waals surface area contributed by atoms with Crippen molar-refractivity contribution in [3.05, 3.63) is 29.8 Å². The molecule has 2 heterocycles. The van der Waals surface area contributed by atoms with E-state index < -0.39 is 0 Å². The Morgan fingerprint density at radius 1 is 1.20 bits per heavy atom. The van der Waals surface area contributed by atoms with Crippen LogP contribution in [0.25, 0.3) is 0 Å². The van der Waals surface area contributed by atoms with E-state index in [0.717, 1.165) is 26.1 Å². The minimum absolute atomic E-state index is 0.317. The van der Waals surface area contributed by atoms with Gasteiger partial charge in [0.2, 0.25) is 0 Å². The minimum Gasteiger partial charge on any atom is -0.382 e. The molecule has 1 N–H and O–H groups in total. The van der Waals surface area contributed by atoms with E-state index in [1.54, 1.807) is 0 Å². The number of hydrogen-bond donors (Lipinski definition) is 1. The van der Waals surface area contributed by atoms with Gasteiger partial charge < -0.3 is 15.0 Å². The fourth-order valence-electron chi connectivity index (χ4n) is 2.95. The molecule has 3 rings (SSSR count). The predicted molar refractivity (Wildman–Crippen MR) is 82.3 cm³/mol. The number of rotatable bonds is 4. The van der Waals surface area contributed by atoms with Crippen LogP contribution >= 0.6 is 0 Å². The largest absolute Gasteiger partial charge is 0.382 e. The van der Waals surface area contributed by atoms with Gasteiger partial charge in [0.1, 0.15) is 0 Å². The average Bonchev–Trinajstić information content (AvgIpc) is 2.49. The van der Waals surface area contributed by atoms with Crippen LogP contribution in [0.2, 0.25) is 0 Å². The van der Waals surface area contributed by atoms with Crippen molar-refractivity contribution in [1.82, 2.24) is 9.80 Å². The Morgan fingerprint density at radius 2 is 2.00 bits per heavy atom. The molecule has 1 saturated heterocycles. The lowest BCUT2D eigenvalue weighted by Gasteiger charge is -2.33. The Bertz CT molecular complexity index is 429. The lowest BCUT2D eigenvalue weighted by Crippen LogP contribution is -2.46. The topological polar surface area (TPSA) is 27.7 Å². The lowest BCUT2D eigenvalue weighted by molar-refractivity contribution is 0.0348. The van der Waals surface area contributed by atoms with Crippen molar-refractivity contribution in [3.63, 3.8) is 0 Å². The van der Waals surface area contributed by atoms with Crippen LogP contribution in [0.5, 0.6) is 0 Å². The predicted octanol–water partition coefficient (Wildman–Crippen LogP) is 1.29. The SMILES string of the molecule is CN1CCN(CCOC2CNc3ccccc3C2)CC1. The summed E-state index contributed by atoms with van der Waals surface area (Å²) in [6.45, 7) is 7.54. The maximum absolute atomic E-state index is 6.05. The van der Waals surface area contributed by atoms with Gasteiger partial charge in [0.15, 0.2) is 0 Å². The van der Waals surface area contributed by atoms with E-state index in [4.69, 9.17) is 4.74 Å². The molecule has 1 aromatic rings. The second kappa shape index (κ2) is 6.57. The molecule has 1 atom stereocenters. The average molecular weight is 275 g/mol. The van der Waals surface area contributed by atoms with E-state index in [9.17, 15) is 0 Å². The summed E-state index contributed by atoms with van der Waals surface area (Å²) in [5, 5.41) is 3.46. The summed E-state index contributed by atoms with van der Waals surface area (Å²) in [6.07, 6.45) is 1.35. The van der Waals surface area contributed by atoms with Crippen molar-refractivity contribution in [2.24, 2.45) is 0 Å². The minimum atomic E-state index is 0.317. The molecule has 0 radical (unpaired) electrons. The number of benzene rings is 1. The standard InChI is InChI=1S/C16H25N3O/c1-18-6-8-19(9-7-18)10-11-20-15-12-14-4-2-3-5-16(14)17-13-15/h2-5,15,17H,6-13H2,1H3. The molecule has 0 aliphatic carbocycles. The summed E-state index contributed by atoms with van der Waals surface area (Å²) in [4.78, 5) is 4.89. The van der Waals surface area contributed by atoms with Gasteiger partial charge in [-0.3, -0.25) is 4.90 Å². The van der Waals surface area contributed by atoms with Crippen molar-refractivity contribution in [2.75, 3.05) is 58.2 Å². The first-order valence-corrected chi connectivity index (χ1v) is 7.65. The monoisotopic (exact) mass is 275 g/mol. The van der Waals surface area contributed by atoms with Crippen LogP contribution in [-0.2, 0) is 11.2 Å². The molecule has 1 fully saturated rings. The molecule has 0 saturated carbocycles. The zero-order valence-corrected chi connectivity index (χ0v) is 12.3. The number of likely N-dealkylation sites (N-methyl/N-ethyl adjacent to an activating group) is 1. The van der Waals surface area contributed by atoms with Crippen LogP contribution in [0.3, 0.4) is 0 Å². The van der Waals surface area contributed by atoms with Crippen molar-refractivity contribution in [2.45, 2.75) is 12.5 Å². The third-order valence-electron chi connectivity index (χ3n) is 4.34. The summed E-state index contributed by atoms with van der Waals surface area (Å²) < 4.78 is 6.05. The zero-order valence-electron chi connectivity index (χ0n) is 12.3. The maximum Gasteiger partial charge on any atom is 0.0789 e. The normalized spacial score (nSPS) is 24.1. The number of ether oxygens (including phenoxy) is 1. The molecule has 1 unspecified atom stereocenters. The molecule has 20 heavy (non-hydrogen) atoms. The molecule has 0 aromatic heterocycles. The van der Waals surface area contributed by atoms with Gasteiger partial charge in [0, 0.05) is 51.4 Å². The number of piperazine rings is 1. The van der Waals surface area contributed by atoms with E-state index in [1.165, 1.54) is 37.4 Å². The van der Waals surface area contributed by atoms with Gasteiger partial charge in [0.05, 0.1) is 12.7 Å². The summed E-state index contributed by atoms with van der Waals surface area (Å²) in [6, 6.07) is 8.53. The third-order valence-corrected chi connectivity index (χ3v) is 4.34. The maximum atomic E-state index is 6.05. The number of para-hydroxylation sites is 1. The quantitative estimate of drug-likeness (QED) is 0.896. The van der Waals surface area contributed by atoms with Crippen LogP contribution in [0.15, 0.2) is 24.3 Å². The molecule has 4 heteroatoms. The van der Waals surface area contributed by atoms with E-state index in [1.807, 2.05) is 0 Å². The van der Waals surface area contributed by atoms with Crippen LogP contribution in [-0.4, -0.2) is 68.8 Å². The van der Waals surface area contributed by atoms with E-state index in [-0.39, 0.29) is 0 Å². The van der Waals surface area contributed by atoms with Gasteiger partial charge in [0.25, 0.3) is 0 Å². The molecule has 110 valence electrons. The van der Waals surface area contributed by atoms with Gasteiger partial charge in [-0.05, 0) is 18.7 Å². The van der Waals surface area contributed by atoms with Gasteiger partial charge in [-0.15, -0.1) is 0 Å². The molecule has 0 spiro atoms. The second-order valence-corrected chi connectivity index (χ2v) is 5.88. The number of nitrogens with one attached hydrogen (secondary N) is 1. The van der Waals surface area contributed by atoms with Gasteiger partial charge in [-0.2, -0.15) is 0 Å². The van der Waals surface area contributed by atoms with Crippen LogP contribution < -0.4 is 5.32 Å². The van der Waals surface area contributed by atoms with Gasteiger partial charge in [-0.1, -0.05) is 18.2 Å². The molecule has 0 bridgehead atoms. The molecule has 0 amide bonds. The Balaban J connectivity index is 1.40. The van der Waals surface area contributed by atoms with Crippen molar-refractivity contribution in [3.8, 4) is 0 Å². The number of fused-ring (bicyclic) bond motifs is 1. The second-order valence-electron chi connectivity index (χ2n) is 5.88. The molecular formula is C16H25N3O.